The molecule has 3 aromatic heterocycles. The van der Waals surface area contributed by atoms with Gasteiger partial charge in [0.2, 0.25) is 6.10 Å². The van der Waals surface area contributed by atoms with Gasteiger partial charge in [-0.1, -0.05) is 18.2 Å². The number of para-hydroxylation sites is 2. The first-order valence-corrected chi connectivity index (χ1v) is 10.8. The number of pyridine rings is 1. The first-order chi connectivity index (χ1) is 15.6. The van der Waals surface area contributed by atoms with Crippen molar-refractivity contribution in [3.63, 3.8) is 0 Å². The molecule has 0 fully saturated rings. The van der Waals surface area contributed by atoms with Gasteiger partial charge < -0.3 is 9.47 Å². The Balaban J connectivity index is 1.30. The lowest BCUT2D eigenvalue weighted by molar-refractivity contribution is -0.131. The molecule has 5 rings (SSSR count). The molecule has 1 atom stereocenters. The van der Waals surface area contributed by atoms with Gasteiger partial charge in [0.25, 0.3) is 11.8 Å². The highest BCUT2D eigenvalue weighted by atomic mass is 32.1. The van der Waals surface area contributed by atoms with Gasteiger partial charge in [0, 0.05) is 10.6 Å². The summed E-state index contributed by atoms with van der Waals surface area (Å²) in [6.07, 6.45) is 0.735. The molecule has 4 aromatic rings. The summed E-state index contributed by atoms with van der Waals surface area (Å²) in [6, 6.07) is 12.8. The maximum atomic E-state index is 12.9. The van der Waals surface area contributed by atoms with Crippen LogP contribution in [0.2, 0.25) is 0 Å². The van der Waals surface area contributed by atoms with E-state index in [4.69, 9.17) is 9.47 Å². The molecule has 0 saturated carbocycles. The Morgan fingerprint density at radius 3 is 2.84 bits per heavy atom. The second kappa shape index (κ2) is 8.31. The number of nitrogens with zero attached hydrogens (tertiary/aromatic N) is 3. The van der Waals surface area contributed by atoms with E-state index in [2.05, 4.69) is 20.9 Å². The molecule has 0 radical (unpaired) electrons. The van der Waals surface area contributed by atoms with E-state index >= 15 is 0 Å². The number of carbonyl (C=O) groups excluding carboxylic acids is 2. The lowest BCUT2D eigenvalue weighted by Crippen LogP contribution is -2.50. The van der Waals surface area contributed by atoms with E-state index in [0.29, 0.717) is 40.3 Å². The van der Waals surface area contributed by atoms with E-state index in [1.807, 2.05) is 30.5 Å². The van der Waals surface area contributed by atoms with Gasteiger partial charge in [0.1, 0.15) is 6.61 Å². The minimum absolute atomic E-state index is 0.0484. The summed E-state index contributed by atoms with van der Waals surface area (Å²) in [5.41, 5.74) is 6.52. The third-order valence-electron chi connectivity index (χ3n) is 4.97. The smallest absolute Gasteiger partial charge is 0.283 e. The van der Waals surface area contributed by atoms with Crippen molar-refractivity contribution in [1.82, 2.24) is 25.6 Å². The highest BCUT2D eigenvalue weighted by molar-refractivity contribution is 7.09. The van der Waals surface area contributed by atoms with Crippen LogP contribution < -0.4 is 20.3 Å². The number of hydrogen-bond donors (Lipinski definition) is 2. The highest BCUT2D eigenvalue weighted by Crippen LogP contribution is 2.30. The van der Waals surface area contributed by atoms with E-state index in [1.54, 1.807) is 46.5 Å². The molecule has 32 heavy (non-hydrogen) atoms. The Bertz CT molecular complexity index is 1300. The Morgan fingerprint density at radius 1 is 1.19 bits per heavy atom. The van der Waals surface area contributed by atoms with Crippen LogP contribution in [-0.4, -0.2) is 39.3 Å². The van der Waals surface area contributed by atoms with Gasteiger partial charge in [-0.3, -0.25) is 20.4 Å². The molecule has 0 aliphatic carbocycles. The second-order valence-corrected chi connectivity index (χ2v) is 8.27. The number of aryl methyl sites for hydroxylation is 1. The largest absolute Gasteiger partial charge is 0.485 e. The lowest BCUT2D eigenvalue weighted by Gasteiger charge is -2.25. The van der Waals surface area contributed by atoms with Gasteiger partial charge >= 0.3 is 0 Å². The van der Waals surface area contributed by atoms with Crippen molar-refractivity contribution in [2.24, 2.45) is 0 Å². The van der Waals surface area contributed by atoms with Crippen molar-refractivity contribution in [2.45, 2.75) is 19.6 Å². The summed E-state index contributed by atoms with van der Waals surface area (Å²) in [4.78, 5) is 31.0. The van der Waals surface area contributed by atoms with Crippen LogP contribution in [-0.2, 0) is 11.3 Å². The summed E-state index contributed by atoms with van der Waals surface area (Å²) >= 11 is 1.63. The Labute approximate surface area is 186 Å². The Hall–Kier alpha value is -3.92. The average molecular weight is 449 g/mol. The number of benzene rings is 1. The number of hydrazine groups is 1. The van der Waals surface area contributed by atoms with Gasteiger partial charge in [0.05, 0.1) is 23.7 Å². The minimum atomic E-state index is -0.877. The highest BCUT2D eigenvalue weighted by Gasteiger charge is 2.28. The molecule has 0 bridgehead atoms. The molecule has 0 spiro atoms. The summed E-state index contributed by atoms with van der Waals surface area (Å²) in [5.74, 6) is 0.0783. The maximum absolute atomic E-state index is 12.9. The molecular formula is C22H19N5O4S. The standard InChI is InChI=1S/C22H19N5O4S/c1-13-9-15(16-10-23-27(20(16)24-13)11-14-5-4-8-32-14)21(28)25-26-22(29)19-12-30-17-6-2-3-7-18(17)31-19/h2-10,19H,11-12H2,1H3,(H,25,28)(H,26,29)/t19-/m1/s1. The predicted molar refractivity (Wildman–Crippen MR) is 118 cm³/mol. The summed E-state index contributed by atoms with van der Waals surface area (Å²) < 4.78 is 13.0. The van der Waals surface area contributed by atoms with E-state index in [0.717, 1.165) is 4.88 Å². The zero-order valence-corrected chi connectivity index (χ0v) is 17.9. The third-order valence-corrected chi connectivity index (χ3v) is 5.83. The van der Waals surface area contributed by atoms with Gasteiger partial charge in [-0.25, -0.2) is 9.67 Å². The van der Waals surface area contributed by atoms with Crippen molar-refractivity contribution >= 4 is 34.2 Å². The molecule has 9 nitrogen and oxygen atoms in total. The van der Waals surface area contributed by atoms with Gasteiger partial charge in [-0.15, -0.1) is 11.3 Å². The number of rotatable bonds is 4. The first-order valence-electron chi connectivity index (χ1n) is 9.93. The molecule has 162 valence electrons. The van der Waals surface area contributed by atoms with Gasteiger partial charge in [-0.05, 0) is 36.6 Å². The number of nitrogens with one attached hydrogen (secondary N) is 2. The zero-order chi connectivity index (χ0) is 22.1. The monoisotopic (exact) mass is 449 g/mol. The van der Waals surface area contributed by atoms with E-state index in [1.165, 1.54) is 0 Å². The number of fused-ring (bicyclic) bond motifs is 2. The van der Waals surface area contributed by atoms with Crippen molar-refractivity contribution in [2.75, 3.05) is 6.61 Å². The zero-order valence-electron chi connectivity index (χ0n) is 17.1. The number of carbonyl (C=O) groups is 2. The van der Waals surface area contributed by atoms with Crippen LogP contribution >= 0.6 is 11.3 Å². The molecule has 10 heteroatoms. The molecule has 1 aliphatic rings. The summed E-state index contributed by atoms with van der Waals surface area (Å²) in [7, 11) is 0. The van der Waals surface area contributed by atoms with Crippen LogP contribution in [0.4, 0.5) is 0 Å². The molecule has 1 aromatic carbocycles. The SMILES string of the molecule is Cc1cc(C(=O)NNC(=O)[C@H]2COc3ccccc3O2)c2cnn(Cc3cccs3)c2n1. The molecule has 4 heterocycles. The molecule has 1 aliphatic heterocycles. The number of hydrogen-bond acceptors (Lipinski definition) is 7. The summed E-state index contributed by atoms with van der Waals surface area (Å²) in [5, 5.41) is 7.00. The van der Waals surface area contributed by atoms with Crippen LogP contribution in [0.15, 0.2) is 54.0 Å². The van der Waals surface area contributed by atoms with Crippen molar-refractivity contribution in [1.29, 1.82) is 0 Å². The Kier molecular flexibility index (Phi) is 5.20. The molecular weight excluding hydrogens is 430 g/mol. The quantitative estimate of drug-likeness (QED) is 0.464. The van der Waals surface area contributed by atoms with E-state index in [-0.39, 0.29) is 6.61 Å². The molecule has 2 N–H and O–H groups in total. The molecule has 0 unspecified atom stereocenters. The van der Waals surface area contributed by atoms with E-state index < -0.39 is 17.9 Å². The third kappa shape index (κ3) is 3.87. The topological polar surface area (TPSA) is 107 Å². The van der Waals surface area contributed by atoms with Gasteiger partial charge in [-0.2, -0.15) is 5.10 Å². The van der Waals surface area contributed by atoms with Crippen LogP contribution in [0.3, 0.4) is 0 Å². The predicted octanol–water partition coefficient (Wildman–Crippen LogP) is 2.45. The van der Waals surface area contributed by atoms with Crippen LogP contribution in [0.25, 0.3) is 11.0 Å². The van der Waals surface area contributed by atoms with Crippen LogP contribution in [0.5, 0.6) is 11.5 Å². The molecule has 0 saturated heterocycles. The average Bonchev–Trinajstić information content (AvgIpc) is 3.47. The Morgan fingerprint density at radius 2 is 2.03 bits per heavy atom. The molecule has 2 amide bonds. The fourth-order valence-corrected chi connectivity index (χ4v) is 4.13. The lowest BCUT2D eigenvalue weighted by atomic mass is 10.1. The number of thiophene rings is 1. The first kappa shape index (κ1) is 20.0. The van der Waals surface area contributed by atoms with Crippen molar-refractivity contribution < 1.29 is 19.1 Å². The van der Waals surface area contributed by atoms with Gasteiger partial charge in [0.15, 0.2) is 17.1 Å². The van der Waals surface area contributed by atoms with Crippen LogP contribution in [0, 0.1) is 6.92 Å². The summed E-state index contributed by atoms with van der Waals surface area (Å²) in [6.45, 7) is 2.42. The fraction of sp³-hybridized carbons (Fsp3) is 0.182. The minimum Gasteiger partial charge on any atom is -0.485 e. The fourth-order valence-electron chi connectivity index (χ4n) is 3.44. The normalized spacial score (nSPS) is 14.8. The number of amides is 2. The number of aromatic nitrogens is 3. The van der Waals surface area contributed by atoms with Crippen molar-refractivity contribution in [3.8, 4) is 11.5 Å². The van der Waals surface area contributed by atoms with E-state index in [9.17, 15) is 9.59 Å². The maximum Gasteiger partial charge on any atom is 0.283 e. The number of ether oxygens (including phenoxy) is 2. The van der Waals surface area contributed by atoms with Crippen molar-refractivity contribution in [3.05, 3.63) is 70.2 Å². The second-order valence-electron chi connectivity index (χ2n) is 7.24. The van der Waals surface area contributed by atoms with Crippen LogP contribution in [0.1, 0.15) is 20.9 Å².